The molecule has 88 valence electrons. The second-order valence-corrected chi connectivity index (χ2v) is 3.27. The molecule has 0 spiro atoms. The normalized spacial score (nSPS) is 9.88. The van der Waals surface area contributed by atoms with E-state index in [1.54, 1.807) is 24.2 Å². The van der Waals surface area contributed by atoms with E-state index in [2.05, 4.69) is 4.98 Å². The van der Waals surface area contributed by atoms with Gasteiger partial charge in [-0.25, -0.2) is 4.79 Å². The summed E-state index contributed by atoms with van der Waals surface area (Å²) >= 11 is 0. The fraction of sp³-hybridized carbons (Fsp3) is 0.455. The zero-order chi connectivity index (χ0) is 11.8. The first kappa shape index (κ1) is 12.4. The van der Waals surface area contributed by atoms with Gasteiger partial charge in [-0.1, -0.05) is 6.07 Å². The third kappa shape index (κ3) is 3.86. The van der Waals surface area contributed by atoms with E-state index in [1.807, 2.05) is 12.1 Å². The quantitative estimate of drug-likeness (QED) is 0.808. The summed E-state index contributed by atoms with van der Waals surface area (Å²) < 4.78 is 4.94. The predicted octanol–water partition coefficient (Wildman–Crippen LogP) is 0.999. The number of rotatable bonds is 5. The lowest BCUT2D eigenvalue weighted by molar-refractivity contribution is 0.106. The van der Waals surface area contributed by atoms with E-state index < -0.39 is 0 Å². The molecule has 0 unspecified atom stereocenters. The highest BCUT2D eigenvalue weighted by atomic mass is 16.6. The molecule has 0 radical (unpaired) electrons. The number of carbonyl (C=O) groups excluding carboxylic acids is 1. The molecular weight excluding hydrogens is 206 g/mol. The summed E-state index contributed by atoms with van der Waals surface area (Å²) in [6, 6.07) is 3.75. The fourth-order valence-corrected chi connectivity index (χ4v) is 1.32. The highest BCUT2D eigenvalue weighted by Crippen LogP contribution is 2.04. The van der Waals surface area contributed by atoms with E-state index in [9.17, 15) is 4.79 Å². The highest BCUT2D eigenvalue weighted by molar-refractivity contribution is 5.67. The summed E-state index contributed by atoms with van der Waals surface area (Å²) in [6.07, 6.45) is 3.08. The summed E-state index contributed by atoms with van der Waals surface area (Å²) in [5, 5.41) is 0. The third-order valence-electron chi connectivity index (χ3n) is 2.02. The minimum absolute atomic E-state index is 0.336. The Morgan fingerprint density at radius 3 is 3.00 bits per heavy atom. The van der Waals surface area contributed by atoms with Crippen molar-refractivity contribution in [1.82, 2.24) is 9.88 Å². The number of carbonyl (C=O) groups is 1. The Morgan fingerprint density at radius 2 is 2.44 bits per heavy atom. The molecule has 0 fully saturated rings. The van der Waals surface area contributed by atoms with Gasteiger partial charge in [0.05, 0.1) is 13.2 Å². The van der Waals surface area contributed by atoms with Crippen LogP contribution in [0, 0.1) is 0 Å². The van der Waals surface area contributed by atoms with Crippen LogP contribution in [0.3, 0.4) is 0 Å². The molecule has 1 amide bonds. The Bertz CT molecular complexity index is 316. The Labute approximate surface area is 95.2 Å². The third-order valence-corrected chi connectivity index (χ3v) is 2.02. The van der Waals surface area contributed by atoms with Crippen molar-refractivity contribution >= 4 is 6.09 Å². The molecule has 0 aromatic carbocycles. The van der Waals surface area contributed by atoms with Gasteiger partial charge in [0.1, 0.15) is 0 Å². The minimum atomic E-state index is -0.336. The van der Waals surface area contributed by atoms with Gasteiger partial charge >= 0.3 is 6.09 Å². The summed E-state index contributed by atoms with van der Waals surface area (Å²) in [7, 11) is 0. The van der Waals surface area contributed by atoms with Crippen molar-refractivity contribution in [3.63, 3.8) is 0 Å². The smallest absolute Gasteiger partial charge is 0.410 e. The van der Waals surface area contributed by atoms with Crippen LogP contribution in [0.15, 0.2) is 24.5 Å². The van der Waals surface area contributed by atoms with Gasteiger partial charge in [0, 0.05) is 25.5 Å². The van der Waals surface area contributed by atoms with Crippen molar-refractivity contribution in [3.05, 3.63) is 30.1 Å². The molecule has 0 saturated heterocycles. The largest absolute Gasteiger partial charge is 0.450 e. The van der Waals surface area contributed by atoms with Crippen LogP contribution >= 0.6 is 0 Å². The maximum absolute atomic E-state index is 11.6. The van der Waals surface area contributed by atoms with E-state index in [0.717, 1.165) is 5.56 Å². The van der Waals surface area contributed by atoms with Crippen LogP contribution in [-0.2, 0) is 11.3 Å². The van der Waals surface area contributed by atoms with Crippen molar-refractivity contribution in [2.45, 2.75) is 13.5 Å². The van der Waals surface area contributed by atoms with Crippen LogP contribution in [0.1, 0.15) is 12.5 Å². The van der Waals surface area contributed by atoms with Crippen LogP contribution < -0.4 is 5.73 Å². The van der Waals surface area contributed by atoms with Gasteiger partial charge in [0.15, 0.2) is 0 Å². The number of amides is 1. The number of hydrogen-bond acceptors (Lipinski definition) is 4. The molecule has 5 heteroatoms. The number of hydrogen-bond donors (Lipinski definition) is 1. The molecule has 16 heavy (non-hydrogen) atoms. The van der Waals surface area contributed by atoms with Crippen molar-refractivity contribution in [1.29, 1.82) is 0 Å². The van der Waals surface area contributed by atoms with Crippen molar-refractivity contribution in [2.24, 2.45) is 5.73 Å². The maximum Gasteiger partial charge on any atom is 0.410 e. The molecule has 1 rings (SSSR count). The van der Waals surface area contributed by atoms with E-state index >= 15 is 0 Å². The number of ether oxygens (including phenoxy) is 1. The van der Waals surface area contributed by atoms with Crippen LogP contribution in [0.25, 0.3) is 0 Å². The lowest BCUT2D eigenvalue weighted by Gasteiger charge is -2.20. The van der Waals surface area contributed by atoms with E-state index in [0.29, 0.717) is 26.2 Å². The molecule has 0 bridgehead atoms. The minimum Gasteiger partial charge on any atom is -0.450 e. The molecule has 5 nitrogen and oxygen atoms in total. The Kier molecular flexibility index (Phi) is 5.28. The summed E-state index contributed by atoms with van der Waals surface area (Å²) in [5.74, 6) is 0. The van der Waals surface area contributed by atoms with Gasteiger partial charge in [-0.2, -0.15) is 0 Å². The number of nitrogens with zero attached hydrogens (tertiary/aromatic N) is 2. The van der Waals surface area contributed by atoms with E-state index in [-0.39, 0.29) is 6.09 Å². The van der Waals surface area contributed by atoms with Crippen molar-refractivity contribution in [2.75, 3.05) is 19.7 Å². The van der Waals surface area contributed by atoms with Crippen LogP contribution in [0.2, 0.25) is 0 Å². The molecule has 1 heterocycles. The molecular formula is C11H17N3O2. The molecule has 0 aliphatic carbocycles. The monoisotopic (exact) mass is 223 g/mol. The Balaban J connectivity index is 2.60. The van der Waals surface area contributed by atoms with Gasteiger partial charge in [-0.3, -0.25) is 4.98 Å². The van der Waals surface area contributed by atoms with Crippen molar-refractivity contribution in [3.8, 4) is 0 Å². The van der Waals surface area contributed by atoms with Gasteiger partial charge in [-0.05, 0) is 18.6 Å². The molecule has 0 atom stereocenters. The van der Waals surface area contributed by atoms with Crippen LogP contribution in [-0.4, -0.2) is 35.7 Å². The topological polar surface area (TPSA) is 68.5 Å². The molecule has 0 saturated carbocycles. The number of nitrogens with two attached hydrogens (primary N) is 1. The molecule has 2 N–H and O–H groups in total. The fourth-order valence-electron chi connectivity index (χ4n) is 1.32. The second kappa shape index (κ2) is 6.79. The average molecular weight is 223 g/mol. The average Bonchev–Trinajstić information content (AvgIpc) is 2.30. The molecule has 1 aromatic heterocycles. The Morgan fingerprint density at radius 1 is 1.62 bits per heavy atom. The molecule has 1 aromatic rings. The van der Waals surface area contributed by atoms with Crippen LogP contribution in [0.5, 0.6) is 0 Å². The Hall–Kier alpha value is -1.62. The van der Waals surface area contributed by atoms with Gasteiger partial charge in [0.2, 0.25) is 0 Å². The first-order valence-corrected chi connectivity index (χ1v) is 5.28. The van der Waals surface area contributed by atoms with Crippen molar-refractivity contribution < 1.29 is 9.53 Å². The first-order valence-electron chi connectivity index (χ1n) is 5.28. The molecule has 0 aliphatic rings. The van der Waals surface area contributed by atoms with Gasteiger partial charge in [0.25, 0.3) is 0 Å². The highest BCUT2D eigenvalue weighted by Gasteiger charge is 2.13. The molecule has 0 aliphatic heterocycles. The van der Waals surface area contributed by atoms with E-state index in [1.165, 1.54) is 0 Å². The summed E-state index contributed by atoms with van der Waals surface area (Å²) in [4.78, 5) is 17.1. The van der Waals surface area contributed by atoms with Gasteiger partial charge in [-0.15, -0.1) is 0 Å². The summed E-state index contributed by atoms with van der Waals surface area (Å²) in [6.45, 7) is 3.52. The lowest BCUT2D eigenvalue weighted by Crippen LogP contribution is -2.35. The zero-order valence-corrected chi connectivity index (χ0v) is 9.43. The predicted molar refractivity (Wildman–Crippen MR) is 60.7 cm³/mol. The SMILES string of the molecule is CCOC(=O)N(CCN)Cc1cccnc1. The number of aromatic nitrogens is 1. The zero-order valence-electron chi connectivity index (χ0n) is 9.43. The maximum atomic E-state index is 11.6. The lowest BCUT2D eigenvalue weighted by atomic mass is 10.2. The van der Waals surface area contributed by atoms with Crippen LogP contribution in [0.4, 0.5) is 4.79 Å². The van der Waals surface area contributed by atoms with E-state index in [4.69, 9.17) is 10.5 Å². The second-order valence-electron chi connectivity index (χ2n) is 3.27. The first-order chi connectivity index (χ1) is 7.77. The van der Waals surface area contributed by atoms with Gasteiger partial charge < -0.3 is 15.4 Å². The summed E-state index contributed by atoms with van der Waals surface area (Å²) in [5.41, 5.74) is 6.41. The number of pyridine rings is 1. The standard InChI is InChI=1S/C11H17N3O2/c1-2-16-11(15)14(7-5-12)9-10-4-3-6-13-8-10/h3-4,6,8H,2,5,7,9,12H2,1H3.